The van der Waals surface area contributed by atoms with Gasteiger partial charge in [-0.2, -0.15) is 0 Å². The van der Waals surface area contributed by atoms with Crippen LogP contribution in [0.5, 0.6) is 5.75 Å². The maximum atomic E-state index is 13.8. The summed E-state index contributed by atoms with van der Waals surface area (Å²) in [6.07, 6.45) is -0.878. The third-order valence-corrected chi connectivity index (χ3v) is 7.09. The fraction of sp³-hybridized carbons (Fsp3) is 0.407. The van der Waals surface area contributed by atoms with Crippen molar-refractivity contribution in [2.75, 3.05) is 25.2 Å². The van der Waals surface area contributed by atoms with E-state index in [2.05, 4.69) is 10.8 Å². The van der Waals surface area contributed by atoms with Gasteiger partial charge in [-0.1, -0.05) is 0 Å². The quantitative estimate of drug-likeness (QED) is 0.246. The Kier molecular flexibility index (Phi) is 11.9. The predicted octanol–water partition coefficient (Wildman–Crippen LogP) is 6.74. The van der Waals surface area contributed by atoms with Crippen molar-refractivity contribution in [3.63, 3.8) is 0 Å². The van der Waals surface area contributed by atoms with Crippen LogP contribution in [0.25, 0.3) is 0 Å². The van der Waals surface area contributed by atoms with Crippen LogP contribution in [0.4, 0.5) is 18.9 Å². The van der Waals surface area contributed by atoms with Crippen LogP contribution in [0.2, 0.25) is 5.02 Å². The molecule has 0 aliphatic carbocycles. The molecule has 1 aliphatic heterocycles. The molecular weight excluding hydrogens is 679 g/mol. The molecular formula is C27H30ClF3NO4W-. The van der Waals surface area contributed by atoms with E-state index in [-0.39, 0.29) is 12.6 Å². The molecule has 2 aromatic carbocycles. The number of nitrogens with zero attached hydrogens (tertiary/aromatic N) is 1. The molecule has 0 saturated heterocycles. The van der Waals surface area contributed by atoms with Crippen molar-refractivity contribution < 1.29 is 51.5 Å². The monoisotopic (exact) mass is 708 g/mol. The Bertz CT molecular complexity index is 1140. The number of ether oxygens (including phenoxy) is 3. The number of hydrogen-bond donors (Lipinski definition) is 0. The van der Waals surface area contributed by atoms with Gasteiger partial charge in [0.1, 0.15) is 0 Å². The van der Waals surface area contributed by atoms with Crippen LogP contribution < -0.4 is 9.64 Å². The zero-order valence-electron chi connectivity index (χ0n) is 21.4. The van der Waals surface area contributed by atoms with Gasteiger partial charge in [-0.3, -0.25) is 4.79 Å². The Labute approximate surface area is 231 Å². The van der Waals surface area contributed by atoms with Crippen molar-refractivity contribution in [2.24, 2.45) is 0 Å². The molecule has 0 radical (unpaired) electrons. The first-order valence-electron chi connectivity index (χ1n) is 11.7. The number of fused-ring (bicyclic) bond motifs is 1. The Hall–Kier alpha value is -2.15. The van der Waals surface area contributed by atoms with Gasteiger partial charge in [0, 0.05) is 6.92 Å². The number of rotatable bonds is 6. The second-order valence-electron chi connectivity index (χ2n) is 7.82. The molecule has 0 spiro atoms. The zero-order chi connectivity index (χ0) is 27.8. The maximum absolute atomic E-state index is 13.8. The first-order chi connectivity index (χ1) is 17.5. The van der Waals surface area contributed by atoms with Crippen LogP contribution in [0.1, 0.15) is 56.9 Å². The molecule has 0 unspecified atom stereocenters. The van der Waals surface area contributed by atoms with Gasteiger partial charge < -0.3 is 4.74 Å². The van der Waals surface area contributed by atoms with Gasteiger partial charge in [-0.25, -0.2) is 0 Å². The number of carbonyl (C=O) groups is 1. The summed E-state index contributed by atoms with van der Waals surface area (Å²) in [6.45, 7) is 7.48. The van der Waals surface area contributed by atoms with E-state index >= 15 is 0 Å². The molecule has 0 amide bonds. The van der Waals surface area contributed by atoms with Crippen molar-refractivity contribution in [3.8, 4) is 5.75 Å². The molecule has 3 rings (SSSR count). The summed E-state index contributed by atoms with van der Waals surface area (Å²) in [4.78, 5) is 11.1. The van der Waals surface area contributed by atoms with E-state index in [1.165, 1.54) is 11.8 Å². The number of esters is 1. The first-order valence-corrected chi connectivity index (χ1v) is 13.6. The Morgan fingerprint density at radius 2 is 1.92 bits per heavy atom. The number of allylic oxidation sites excluding steroid dienone is 1. The minimum atomic E-state index is -4.47. The molecule has 5 nitrogen and oxygen atoms in total. The molecule has 10 heteroatoms. The molecule has 0 bridgehead atoms. The minimum absolute atomic E-state index is 0.0158. The zero-order valence-corrected chi connectivity index (χ0v) is 25.1. The molecule has 37 heavy (non-hydrogen) atoms. The number of methoxy groups -OCH3 is 1. The van der Waals surface area contributed by atoms with E-state index in [9.17, 15) is 18.0 Å². The summed E-state index contributed by atoms with van der Waals surface area (Å²) in [5, 5.41) is 0.428. The predicted molar refractivity (Wildman–Crippen MR) is 135 cm³/mol. The van der Waals surface area contributed by atoms with Crippen LogP contribution in [0.3, 0.4) is 0 Å². The average Bonchev–Trinajstić information content (AvgIpc) is 2.99. The first kappa shape index (κ1) is 31.1. The van der Waals surface area contributed by atoms with Gasteiger partial charge in [0.25, 0.3) is 0 Å². The second kappa shape index (κ2) is 14.1. The van der Waals surface area contributed by atoms with E-state index in [1.807, 2.05) is 32.0 Å². The summed E-state index contributed by atoms with van der Waals surface area (Å²) >= 11 is 6.60. The Balaban J connectivity index is 0.000000717. The van der Waals surface area contributed by atoms with E-state index in [0.29, 0.717) is 66.5 Å². The number of alkyl halides is 3. The van der Waals surface area contributed by atoms with Crippen molar-refractivity contribution in [1.29, 1.82) is 0 Å². The van der Waals surface area contributed by atoms with Crippen molar-refractivity contribution in [2.45, 2.75) is 52.8 Å². The standard InChI is InChI=1S/C23H22ClF3NO2.C4H8O2.W/c1-4-7-16-13-30-22(18-8-6-9-21(29-3)17(18)5-2)19-12-15(24)10-11-20(19)28(16)14-23(25,26)27;1-3-6-4(2)5;/h6,8-12,22H,4-5,13H2,1-3H3;3H2,1-2H3;/q-1;;/t22-;;/m1../s1. The summed E-state index contributed by atoms with van der Waals surface area (Å²) in [5.41, 5.74) is 3.11. The average molecular weight is 709 g/mol. The van der Waals surface area contributed by atoms with Crippen molar-refractivity contribution in [1.82, 2.24) is 0 Å². The Morgan fingerprint density at radius 1 is 1.22 bits per heavy atom. The second-order valence-corrected chi connectivity index (χ2v) is 9.64. The van der Waals surface area contributed by atoms with Gasteiger partial charge in [-0.05, 0) is 6.92 Å². The fourth-order valence-electron chi connectivity index (χ4n) is 3.95. The molecule has 1 atom stereocenters. The molecule has 2 aromatic rings. The van der Waals surface area contributed by atoms with Crippen molar-refractivity contribution >= 4 is 27.3 Å². The van der Waals surface area contributed by atoms with Crippen LogP contribution >= 0.6 is 11.6 Å². The van der Waals surface area contributed by atoms with Crippen LogP contribution in [0.15, 0.2) is 42.1 Å². The molecule has 202 valence electrons. The van der Waals surface area contributed by atoms with Gasteiger partial charge in [0.05, 0.1) is 6.61 Å². The summed E-state index contributed by atoms with van der Waals surface area (Å²) in [7, 11) is 1.60. The van der Waals surface area contributed by atoms with E-state index in [4.69, 9.17) is 21.1 Å². The Morgan fingerprint density at radius 3 is 2.43 bits per heavy atom. The van der Waals surface area contributed by atoms with Gasteiger partial charge in [-0.15, -0.1) is 0 Å². The van der Waals surface area contributed by atoms with E-state index in [0.717, 1.165) is 11.1 Å². The third-order valence-electron chi connectivity index (χ3n) is 5.37. The molecule has 0 aromatic heterocycles. The van der Waals surface area contributed by atoms with Crippen LogP contribution in [-0.2, 0) is 40.0 Å². The number of anilines is 1. The van der Waals surface area contributed by atoms with Gasteiger partial charge in [0.2, 0.25) is 0 Å². The number of benzene rings is 2. The fourth-order valence-corrected chi connectivity index (χ4v) is 4.88. The van der Waals surface area contributed by atoms with Crippen LogP contribution in [-0.4, -0.2) is 36.5 Å². The summed E-state index contributed by atoms with van der Waals surface area (Å²) in [5.74, 6) is 0.504. The third kappa shape index (κ3) is 7.92. The van der Waals surface area contributed by atoms with E-state index < -0.39 is 16.3 Å². The van der Waals surface area contributed by atoms with Crippen LogP contribution in [0, 0.1) is 6.08 Å². The normalized spacial score (nSPS) is 16.3. The number of hydrogen-bond acceptors (Lipinski definition) is 5. The van der Waals surface area contributed by atoms with E-state index in [1.54, 1.807) is 32.2 Å². The van der Waals surface area contributed by atoms with Gasteiger partial charge in [0.15, 0.2) is 0 Å². The summed E-state index contributed by atoms with van der Waals surface area (Å²) in [6, 6.07) is 10.6. The van der Waals surface area contributed by atoms with Gasteiger partial charge >= 0.3 is 202 Å². The number of carbonyl (C=O) groups excluding carboxylic acids is 1. The SMILES string of the molecule is CCOC(C)=O.CC[C-]=C1CO[C@H](c2cccc(OC)c2CC)c2cc(Cl)ccc2N1[C](=[W])C(F)(F)F. The molecule has 1 heterocycles. The molecule has 0 saturated carbocycles. The topological polar surface area (TPSA) is 48.0 Å². The summed E-state index contributed by atoms with van der Waals surface area (Å²) < 4.78 is 56.9. The van der Waals surface area contributed by atoms with Crippen molar-refractivity contribution in [3.05, 3.63) is 69.9 Å². The molecule has 0 fully saturated rings. The number of halogens is 4. The molecule has 0 N–H and O–H groups in total. The molecule has 1 aliphatic rings.